The molecule has 11 heteroatoms. The van der Waals surface area contributed by atoms with Crippen molar-refractivity contribution in [1.29, 1.82) is 0 Å². The highest BCUT2D eigenvalue weighted by molar-refractivity contribution is 5.76. The van der Waals surface area contributed by atoms with Crippen molar-refractivity contribution in [1.82, 2.24) is 9.55 Å². The van der Waals surface area contributed by atoms with Gasteiger partial charge in [0.15, 0.2) is 17.6 Å². The lowest BCUT2D eigenvalue weighted by atomic mass is 9.93. The van der Waals surface area contributed by atoms with Gasteiger partial charge in [0.25, 0.3) is 0 Å². The highest BCUT2D eigenvalue weighted by atomic mass is 16.6. The lowest BCUT2D eigenvalue weighted by Gasteiger charge is -2.33. The predicted octanol–water partition coefficient (Wildman–Crippen LogP) is -1.42. The maximum Gasteiger partial charge on any atom is 0.351 e. The van der Waals surface area contributed by atoms with E-state index in [1.807, 2.05) is 0 Å². The number of aliphatic hydroxyl groups is 2. The summed E-state index contributed by atoms with van der Waals surface area (Å²) in [5, 5.41) is 29.2. The number of aliphatic hydroxyl groups excluding tert-OH is 1. The lowest BCUT2D eigenvalue weighted by Crippen LogP contribution is -2.53. The molecule has 26 heavy (non-hydrogen) atoms. The first-order valence-corrected chi connectivity index (χ1v) is 7.96. The molecular formula is C15H24N4O7. The zero-order chi connectivity index (χ0) is 20.6. The van der Waals surface area contributed by atoms with E-state index in [1.165, 1.54) is 13.0 Å². The molecule has 5 atom stereocenters. The van der Waals surface area contributed by atoms with Crippen LogP contribution < -0.4 is 16.9 Å². The fourth-order valence-electron chi connectivity index (χ4n) is 2.50. The number of hydrogen-bond donors (Lipinski definition) is 5. The number of ether oxygens (including phenoxy) is 2. The highest BCUT2D eigenvalue weighted by Gasteiger charge is 2.57. The Bertz CT molecular complexity index is 756. The summed E-state index contributed by atoms with van der Waals surface area (Å²) in [6.07, 6.45) is -4.49. The number of nitrogens with zero attached hydrogens (tertiary/aromatic N) is 2. The average Bonchev–Trinajstić information content (AvgIpc) is 2.80. The number of nitrogens with one attached hydrogen (secondary N) is 1. The van der Waals surface area contributed by atoms with Gasteiger partial charge in [0.05, 0.1) is 7.98 Å². The van der Waals surface area contributed by atoms with Gasteiger partial charge in [0, 0.05) is 6.20 Å². The number of anilines is 1. The van der Waals surface area contributed by atoms with Gasteiger partial charge < -0.3 is 25.4 Å². The number of aromatic nitrogens is 2. The Morgan fingerprint density at radius 1 is 1.65 bits per heavy atom. The van der Waals surface area contributed by atoms with E-state index in [4.69, 9.17) is 21.8 Å². The Kier molecular flexibility index (Phi) is 5.53. The molecule has 0 amide bonds. The summed E-state index contributed by atoms with van der Waals surface area (Å²) < 4.78 is 19.9. The zero-order valence-electron chi connectivity index (χ0n) is 15.6. The first-order chi connectivity index (χ1) is 12.5. The molecule has 0 radical (unpaired) electrons. The van der Waals surface area contributed by atoms with Crippen molar-refractivity contribution in [3.05, 3.63) is 22.7 Å². The summed E-state index contributed by atoms with van der Waals surface area (Å²) in [7, 11) is 0. The monoisotopic (exact) mass is 373 g/mol. The van der Waals surface area contributed by atoms with Crippen LogP contribution in [0.3, 0.4) is 0 Å². The molecule has 0 bridgehead atoms. The molecule has 1 fully saturated rings. The minimum atomic E-state index is -2.66. The van der Waals surface area contributed by atoms with Gasteiger partial charge in [-0.1, -0.05) is 13.8 Å². The molecule has 1 aromatic rings. The van der Waals surface area contributed by atoms with Gasteiger partial charge in [0.1, 0.15) is 18.2 Å². The van der Waals surface area contributed by atoms with Gasteiger partial charge in [0.2, 0.25) is 0 Å². The van der Waals surface area contributed by atoms with Crippen molar-refractivity contribution in [3.63, 3.8) is 0 Å². The number of carbonyl (C=O) groups excluding carboxylic acids is 1. The normalized spacial score (nSPS) is 33.0. The fraction of sp³-hybridized carbons (Fsp3) is 0.667. The number of carbonyl (C=O) groups is 1. The van der Waals surface area contributed by atoms with Crippen molar-refractivity contribution in [3.8, 4) is 0 Å². The van der Waals surface area contributed by atoms with Gasteiger partial charge in [-0.05, 0) is 18.9 Å². The van der Waals surface area contributed by atoms with Crippen LogP contribution in [0, 0.1) is 5.92 Å². The maximum absolute atomic E-state index is 12.3. The SMILES string of the molecule is [2H]C1(O)[C@H](n2ccc(NO)nc2=O)O[C@H](CO)[C@@]1(C)OC(=O)[C@H](N)C(C)C. The standard InChI is InChI=1S/C15H24N4O7/c1-7(2)10(16)13(22)26-15(3)8(6-20)25-12(11(15)21)19-5-4-9(18-24)17-14(19)23/h4-5,7-8,10-12,20-21,24H,6,16H2,1-3H3,(H,17,18,23)/t8-,10-,11?,12-,15-/m1/s1/i11D. The molecule has 1 aliphatic heterocycles. The third-order valence-corrected chi connectivity index (χ3v) is 4.32. The van der Waals surface area contributed by atoms with Gasteiger partial charge in [-0.2, -0.15) is 4.98 Å². The Morgan fingerprint density at radius 2 is 2.31 bits per heavy atom. The zero-order valence-corrected chi connectivity index (χ0v) is 14.6. The van der Waals surface area contributed by atoms with Gasteiger partial charge in [-0.15, -0.1) is 0 Å². The molecule has 1 saturated heterocycles. The Morgan fingerprint density at radius 3 is 2.81 bits per heavy atom. The third-order valence-electron chi connectivity index (χ3n) is 4.32. The Labute approximate surface area is 150 Å². The second-order valence-electron chi connectivity index (χ2n) is 6.46. The van der Waals surface area contributed by atoms with Crippen LogP contribution in [0.2, 0.25) is 0 Å². The average molecular weight is 373 g/mol. The number of hydrogen-bond acceptors (Lipinski definition) is 10. The minimum Gasteiger partial charge on any atom is -0.452 e. The van der Waals surface area contributed by atoms with Gasteiger partial charge >= 0.3 is 11.7 Å². The van der Waals surface area contributed by atoms with Gasteiger partial charge in [-0.3, -0.25) is 20.0 Å². The van der Waals surface area contributed by atoms with E-state index in [-0.39, 0.29) is 11.7 Å². The quantitative estimate of drug-likeness (QED) is 0.294. The van der Waals surface area contributed by atoms with Gasteiger partial charge in [-0.25, -0.2) is 4.79 Å². The summed E-state index contributed by atoms with van der Waals surface area (Å²) >= 11 is 0. The van der Waals surface area contributed by atoms with Crippen LogP contribution in [0.1, 0.15) is 28.4 Å². The molecule has 0 aliphatic carbocycles. The van der Waals surface area contributed by atoms with E-state index in [9.17, 15) is 19.8 Å². The van der Waals surface area contributed by atoms with Crippen LogP contribution >= 0.6 is 0 Å². The largest absolute Gasteiger partial charge is 0.452 e. The van der Waals surface area contributed by atoms with Crippen molar-refractivity contribution < 1.29 is 31.1 Å². The Balaban J connectivity index is 2.43. The van der Waals surface area contributed by atoms with Crippen LogP contribution in [-0.4, -0.2) is 61.4 Å². The molecule has 1 aliphatic rings. The molecule has 146 valence electrons. The van der Waals surface area contributed by atoms with E-state index in [2.05, 4.69) is 4.98 Å². The highest BCUT2D eigenvalue weighted by Crippen LogP contribution is 2.39. The molecule has 0 saturated carbocycles. The lowest BCUT2D eigenvalue weighted by molar-refractivity contribution is -0.176. The summed E-state index contributed by atoms with van der Waals surface area (Å²) in [4.78, 5) is 27.9. The van der Waals surface area contributed by atoms with Crippen molar-refractivity contribution in [2.24, 2.45) is 11.7 Å². The molecule has 0 aromatic carbocycles. The van der Waals surface area contributed by atoms with E-state index in [1.54, 1.807) is 19.3 Å². The molecule has 1 unspecified atom stereocenters. The molecule has 6 N–H and O–H groups in total. The first-order valence-electron chi connectivity index (χ1n) is 8.46. The molecule has 11 nitrogen and oxygen atoms in total. The summed E-state index contributed by atoms with van der Waals surface area (Å²) in [6, 6.07) is 0.181. The van der Waals surface area contributed by atoms with Crippen LogP contribution in [0.4, 0.5) is 5.82 Å². The number of rotatable bonds is 6. The summed E-state index contributed by atoms with van der Waals surface area (Å²) in [5.41, 5.74) is 4.48. The van der Waals surface area contributed by atoms with Crippen LogP contribution in [0.5, 0.6) is 0 Å². The molecular weight excluding hydrogens is 348 g/mol. The van der Waals surface area contributed by atoms with Crippen molar-refractivity contribution in [2.45, 2.75) is 50.8 Å². The van der Waals surface area contributed by atoms with Crippen molar-refractivity contribution >= 4 is 11.8 Å². The third kappa shape index (κ3) is 3.57. The van der Waals surface area contributed by atoms with E-state index >= 15 is 0 Å². The van der Waals surface area contributed by atoms with E-state index in [0.717, 1.165) is 10.8 Å². The first kappa shape index (κ1) is 18.7. The molecule has 1 aromatic heterocycles. The van der Waals surface area contributed by atoms with Crippen molar-refractivity contribution in [2.75, 3.05) is 12.1 Å². The number of esters is 1. The maximum atomic E-state index is 12.3. The summed E-state index contributed by atoms with van der Waals surface area (Å²) in [6.45, 7) is 3.91. The molecule has 2 rings (SSSR count). The second kappa shape index (κ2) is 7.68. The van der Waals surface area contributed by atoms with Crippen LogP contribution in [-0.2, 0) is 14.3 Å². The topological polar surface area (TPSA) is 169 Å². The Hall–Kier alpha value is -2.05. The summed E-state index contributed by atoms with van der Waals surface area (Å²) in [5.74, 6) is -1.30. The van der Waals surface area contributed by atoms with Crippen LogP contribution in [0.25, 0.3) is 0 Å². The predicted molar refractivity (Wildman–Crippen MR) is 88.2 cm³/mol. The number of nitrogens with two attached hydrogens (primary N) is 1. The van der Waals surface area contributed by atoms with E-state index < -0.39 is 48.3 Å². The van der Waals surface area contributed by atoms with Crippen LogP contribution in [0.15, 0.2) is 17.1 Å². The molecule has 0 spiro atoms. The van der Waals surface area contributed by atoms with E-state index in [0.29, 0.717) is 0 Å². The smallest absolute Gasteiger partial charge is 0.351 e. The molecule has 2 heterocycles. The second-order valence-corrected chi connectivity index (χ2v) is 6.46. The minimum absolute atomic E-state index is 0.154. The fourth-order valence-corrected chi connectivity index (χ4v) is 2.50.